The minimum atomic E-state index is -0.534. The second kappa shape index (κ2) is 5.27. The lowest BCUT2D eigenvalue weighted by atomic mass is 9.87. The van der Waals surface area contributed by atoms with Gasteiger partial charge in [-0.25, -0.2) is 4.98 Å². The van der Waals surface area contributed by atoms with E-state index in [1.807, 2.05) is 32.9 Å². The van der Waals surface area contributed by atoms with Crippen LogP contribution in [0.4, 0.5) is 5.13 Å². The summed E-state index contributed by atoms with van der Waals surface area (Å²) in [7, 11) is 0. The van der Waals surface area contributed by atoms with Gasteiger partial charge >= 0.3 is 0 Å². The smallest absolute Gasteiger partial charge is 0.233 e. The van der Waals surface area contributed by atoms with Gasteiger partial charge in [0.25, 0.3) is 0 Å². The lowest BCUT2D eigenvalue weighted by Crippen LogP contribution is -2.39. The summed E-state index contributed by atoms with van der Waals surface area (Å²) < 4.78 is 1.08. The van der Waals surface area contributed by atoms with Gasteiger partial charge in [-0.05, 0) is 38.0 Å². The van der Waals surface area contributed by atoms with Crippen molar-refractivity contribution in [1.82, 2.24) is 4.98 Å². The van der Waals surface area contributed by atoms with Gasteiger partial charge in [-0.3, -0.25) is 4.79 Å². The van der Waals surface area contributed by atoms with Gasteiger partial charge in [0.15, 0.2) is 5.13 Å². The molecular formula is C14H19N3OS. The lowest BCUT2D eigenvalue weighted by Gasteiger charge is -2.23. The van der Waals surface area contributed by atoms with Gasteiger partial charge in [0.05, 0.1) is 15.6 Å². The molecule has 1 unspecified atom stereocenters. The number of nitrogens with one attached hydrogen (secondary N) is 1. The Morgan fingerprint density at radius 3 is 2.89 bits per heavy atom. The van der Waals surface area contributed by atoms with Crippen LogP contribution in [0.5, 0.6) is 0 Å². The zero-order chi connectivity index (χ0) is 14.0. The second-order valence-corrected chi connectivity index (χ2v) is 6.09. The number of carbonyl (C=O) groups is 1. The number of fused-ring (bicyclic) bond motifs is 1. The molecule has 19 heavy (non-hydrogen) atoms. The summed E-state index contributed by atoms with van der Waals surface area (Å²) in [6.45, 7) is 6.22. The standard InChI is InChI=1S/C14H19N3OS/c1-4-14(3,8-15)12(18)17-13-16-10-6-5-9(2)7-11(10)19-13/h5-7H,4,8,15H2,1-3H3,(H,16,17,18). The number of hydrogen-bond donors (Lipinski definition) is 2. The second-order valence-electron chi connectivity index (χ2n) is 5.06. The summed E-state index contributed by atoms with van der Waals surface area (Å²) >= 11 is 1.49. The number of aryl methyl sites for hydroxylation is 1. The minimum Gasteiger partial charge on any atom is -0.329 e. The molecule has 1 aromatic carbocycles. The first-order chi connectivity index (χ1) is 8.98. The fourth-order valence-corrected chi connectivity index (χ4v) is 2.69. The molecule has 0 aliphatic heterocycles. The van der Waals surface area contributed by atoms with E-state index in [-0.39, 0.29) is 5.91 Å². The largest absolute Gasteiger partial charge is 0.329 e. The highest BCUT2D eigenvalue weighted by Crippen LogP contribution is 2.28. The maximum Gasteiger partial charge on any atom is 0.233 e. The number of benzene rings is 1. The van der Waals surface area contributed by atoms with E-state index in [1.54, 1.807) is 0 Å². The van der Waals surface area contributed by atoms with E-state index in [0.29, 0.717) is 18.1 Å². The molecule has 0 saturated heterocycles. The summed E-state index contributed by atoms with van der Waals surface area (Å²) in [5.74, 6) is -0.0618. The van der Waals surface area contributed by atoms with Gasteiger partial charge in [-0.1, -0.05) is 24.3 Å². The predicted molar refractivity (Wildman–Crippen MR) is 80.4 cm³/mol. The first kappa shape index (κ1) is 14.0. The van der Waals surface area contributed by atoms with E-state index < -0.39 is 5.41 Å². The summed E-state index contributed by atoms with van der Waals surface area (Å²) in [4.78, 5) is 16.6. The lowest BCUT2D eigenvalue weighted by molar-refractivity contribution is -0.124. The Morgan fingerprint density at radius 2 is 2.26 bits per heavy atom. The molecule has 1 heterocycles. The van der Waals surface area contributed by atoms with Crippen molar-refractivity contribution < 1.29 is 4.79 Å². The summed E-state index contributed by atoms with van der Waals surface area (Å²) in [5, 5.41) is 3.52. The SMILES string of the molecule is CCC(C)(CN)C(=O)Nc1nc2ccc(C)cc2s1. The third-order valence-corrected chi connectivity index (χ3v) is 4.48. The van der Waals surface area contributed by atoms with Crippen LogP contribution in [-0.2, 0) is 4.79 Å². The third-order valence-electron chi connectivity index (χ3n) is 3.54. The van der Waals surface area contributed by atoms with Crippen molar-refractivity contribution in [3.63, 3.8) is 0 Å². The molecular weight excluding hydrogens is 258 g/mol. The van der Waals surface area contributed by atoms with Crippen molar-refractivity contribution in [2.24, 2.45) is 11.1 Å². The number of nitrogens with two attached hydrogens (primary N) is 1. The number of hydrogen-bond acceptors (Lipinski definition) is 4. The Morgan fingerprint density at radius 1 is 1.53 bits per heavy atom. The first-order valence-electron chi connectivity index (χ1n) is 6.37. The van der Waals surface area contributed by atoms with Crippen LogP contribution in [0.2, 0.25) is 0 Å². The van der Waals surface area contributed by atoms with Crippen LogP contribution in [0.25, 0.3) is 10.2 Å². The highest BCUT2D eigenvalue weighted by Gasteiger charge is 2.30. The molecule has 0 aliphatic carbocycles. The molecule has 0 aliphatic rings. The van der Waals surface area contributed by atoms with E-state index in [9.17, 15) is 4.79 Å². The molecule has 2 rings (SSSR count). The quantitative estimate of drug-likeness (QED) is 0.903. The van der Waals surface area contributed by atoms with Crippen LogP contribution >= 0.6 is 11.3 Å². The minimum absolute atomic E-state index is 0.0618. The van der Waals surface area contributed by atoms with Crippen molar-refractivity contribution in [2.45, 2.75) is 27.2 Å². The molecule has 0 fully saturated rings. The summed E-state index contributed by atoms with van der Waals surface area (Å²) in [6.07, 6.45) is 0.708. The monoisotopic (exact) mass is 277 g/mol. The molecule has 1 atom stereocenters. The molecule has 0 spiro atoms. The van der Waals surface area contributed by atoms with Gasteiger partial charge < -0.3 is 11.1 Å². The van der Waals surface area contributed by atoms with Crippen molar-refractivity contribution in [2.75, 3.05) is 11.9 Å². The summed E-state index contributed by atoms with van der Waals surface area (Å²) in [5.41, 5.74) is 7.26. The molecule has 0 bridgehead atoms. The molecule has 0 saturated carbocycles. The van der Waals surface area contributed by atoms with Crippen LogP contribution in [-0.4, -0.2) is 17.4 Å². The predicted octanol–water partition coefficient (Wildman–Crippen LogP) is 2.92. The first-order valence-corrected chi connectivity index (χ1v) is 7.19. The van der Waals surface area contributed by atoms with Gasteiger partial charge in [-0.15, -0.1) is 0 Å². The molecule has 4 nitrogen and oxygen atoms in total. The zero-order valence-electron chi connectivity index (χ0n) is 11.5. The number of nitrogens with zero attached hydrogens (tertiary/aromatic N) is 1. The van der Waals surface area contributed by atoms with Crippen molar-refractivity contribution in [3.05, 3.63) is 23.8 Å². The highest BCUT2D eigenvalue weighted by molar-refractivity contribution is 7.22. The Balaban J connectivity index is 2.24. The molecule has 5 heteroatoms. The van der Waals surface area contributed by atoms with Gasteiger partial charge in [0, 0.05) is 6.54 Å². The topological polar surface area (TPSA) is 68.0 Å². The summed E-state index contributed by atoms with van der Waals surface area (Å²) in [6, 6.07) is 6.06. The van der Waals surface area contributed by atoms with Crippen molar-refractivity contribution >= 4 is 32.6 Å². The maximum atomic E-state index is 12.2. The van der Waals surface area contributed by atoms with E-state index in [4.69, 9.17) is 5.73 Å². The third kappa shape index (κ3) is 2.77. The van der Waals surface area contributed by atoms with Gasteiger partial charge in [0.1, 0.15) is 0 Å². The van der Waals surface area contributed by atoms with Gasteiger partial charge in [-0.2, -0.15) is 0 Å². The van der Waals surface area contributed by atoms with Crippen molar-refractivity contribution in [1.29, 1.82) is 0 Å². The molecule has 3 N–H and O–H groups in total. The number of carbonyl (C=O) groups excluding carboxylic acids is 1. The number of rotatable bonds is 4. The average Bonchev–Trinajstić information content (AvgIpc) is 2.78. The molecule has 2 aromatic rings. The van der Waals surface area contributed by atoms with Crippen LogP contribution in [0, 0.1) is 12.3 Å². The van der Waals surface area contributed by atoms with E-state index in [1.165, 1.54) is 16.9 Å². The van der Waals surface area contributed by atoms with E-state index in [0.717, 1.165) is 10.2 Å². The van der Waals surface area contributed by atoms with E-state index >= 15 is 0 Å². The van der Waals surface area contributed by atoms with Gasteiger partial charge in [0.2, 0.25) is 5.91 Å². The highest BCUT2D eigenvalue weighted by atomic mass is 32.1. The number of aromatic nitrogens is 1. The van der Waals surface area contributed by atoms with Crippen molar-refractivity contribution in [3.8, 4) is 0 Å². The molecule has 1 aromatic heterocycles. The fourth-order valence-electron chi connectivity index (χ4n) is 1.73. The maximum absolute atomic E-state index is 12.2. The Labute approximate surface area is 117 Å². The average molecular weight is 277 g/mol. The van der Waals surface area contributed by atoms with Crippen LogP contribution < -0.4 is 11.1 Å². The number of amides is 1. The molecule has 102 valence electrons. The van der Waals surface area contributed by atoms with Crippen LogP contribution in [0.15, 0.2) is 18.2 Å². The Bertz CT molecular complexity index is 602. The molecule has 0 radical (unpaired) electrons. The van der Waals surface area contributed by atoms with Crippen LogP contribution in [0.1, 0.15) is 25.8 Å². The number of thiazole rings is 1. The molecule has 1 amide bonds. The van der Waals surface area contributed by atoms with Crippen LogP contribution in [0.3, 0.4) is 0 Å². The number of anilines is 1. The zero-order valence-corrected chi connectivity index (χ0v) is 12.3. The normalized spacial score (nSPS) is 14.3. The Kier molecular flexibility index (Phi) is 3.87. The van der Waals surface area contributed by atoms with E-state index in [2.05, 4.69) is 16.4 Å². The fraction of sp³-hybridized carbons (Fsp3) is 0.429. The Hall–Kier alpha value is -1.46.